The van der Waals surface area contributed by atoms with Crippen LogP contribution in [0.3, 0.4) is 0 Å². The number of hydrogen-bond donors (Lipinski definition) is 1. The zero-order valence-corrected chi connectivity index (χ0v) is 9.89. The summed E-state index contributed by atoms with van der Waals surface area (Å²) in [5.74, 6) is 2.17. The molecule has 0 spiro atoms. The molecule has 88 valence electrons. The van der Waals surface area contributed by atoms with E-state index in [2.05, 4.69) is 5.92 Å². The molecule has 2 rings (SSSR count). The maximum absolute atomic E-state index is 11.2. The van der Waals surface area contributed by atoms with E-state index < -0.39 is 5.91 Å². The van der Waals surface area contributed by atoms with Gasteiger partial charge in [0.05, 0.1) is 0 Å². The lowest BCUT2D eigenvalue weighted by Crippen LogP contribution is -2.11. The highest BCUT2D eigenvalue weighted by atomic mass is 16.1. The summed E-state index contributed by atoms with van der Waals surface area (Å²) in [6.45, 7) is 0. The van der Waals surface area contributed by atoms with Gasteiger partial charge in [-0.1, -0.05) is 36.4 Å². The van der Waals surface area contributed by atoms with Crippen LogP contribution in [0.1, 0.15) is 15.9 Å². The van der Waals surface area contributed by atoms with E-state index in [1.807, 2.05) is 36.4 Å². The van der Waals surface area contributed by atoms with E-state index in [4.69, 9.17) is 12.2 Å². The molecule has 0 saturated heterocycles. The molecule has 0 aliphatic carbocycles. The molecule has 0 aliphatic rings. The fourth-order valence-electron chi connectivity index (χ4n) is 1.90. The van der Waals surface area contributed by atoms with E-state index in [-0.39, 0.29) is 0 Å². The molecule has 0 aliphatic heterocycles. The summed E-state index contributed by atoms with van der Waals surface area (Å²) < 4.78 is 0. The van der Waals surface area contributed by atoms with Gasteiger partial charge >= 0.3 is 0 Å². The van der Waals surface area contributed by atoms with Gasteiger partial charge in [0.1, 0.15) is 0 Å². The number of hydrogen-bond acceptors (Lipinski definition) is 1. The van der Waals surface area contributed by atoms with Gasteiger partial charge in [0.25, 0.3) is 0 Å². The number of carbonyl (C=O) groups is 1. The first kappa shape index (κ1) is 11.9. The lowest BCUT2D eigenvalue weighted by molar-refractivity contribution is 0.1000. The Morgan fingerprint density at radius 2 is 1.89 bits per heavy atom. The second-order valence-corrected chi connectivity index (χ2v) is 3.98. The quantitative estimate of drug-likeness (QED) is 0.816. The molecule has 0 heterocycles. The maximum atomic E-state index is 11.2. The van der Waals surface area contributed by atoms with E-state index in [1.54, 1.807) is 12.1 Å². The van der Waals surface area contributed by atoms with Gasteiger partial charge in [-0.15, -0.1) is 12.3 Å². The molecule has 0 bridgehead atoms. The van der Waals surface area contributed by atoms with Crippen LogP contribution in [0.2, 0.25) is 0 Å². The van der Waals surface area contributed by atoms with Crippen molar-refractivity contribution in [2.24, 2.45) is 5.73 Å². The predicted molar refractivity (Wildman–Crippen MR) is 72.9 cm³/mol. The van der Waals surface area contributed by atoms with Crippen molar-refractivity contribution in [2.75, 3.05) is 0 Å². The van der Waals surface area contributed by atoms with Crippen LogP contribution in [-0.2, 0) is 6.42 Å². The Morgan fingerprint density at radius 3 is 2.50 bits per heavy atom. The largest absolute Gasteiger partial charge is 0.366 e. The standard InChI is InChI=1S/C16H13NO/c1-2-6-13-11-14(16(17)18)9-10-15(13)12-7-4-3-5-8-12/h1,3-5,7-11H,6H2,(H2,17,18). The molecule has 2 nitrogen and oxygen atoms in total. The molecule has 18 heavy (non-hydrogen) atoms. The molecule has 0 unspecified atom stereocenters. The number of rotatable bonds is 3. The van der Waals surface area contributed by atoms with Gasteiger partial charge in [0.15, 0.2) is 0 Å². The topological polar surface area (TPSA) is 43.1 Å². The minimum absolute atomic E-state index is 0.437. The molecule has 0 saturated carbocycles. The monoisotopic (exact) mass is 235 g/mol. The molecule has 1 amide bonds. The van der Waals surface area contributed by atoms with E-state index in [9.17, 15) is 4.79 Å². The number of nitrogens with two attached hydrogens (primary N) is 1. The zero-order chi connectivity index (χ0) is 13.0. The molecule has 0 radical (unpaired) electrons. The molecule has 2 aromatic carbocycles. The summed E-state index contributed by atoms with van der Waals surface area (Å²) in [5.41, 5.74) is 8.83. The Bertz CT molecular complexity index is 609. The van der Waals surface area contributed by atoms with Crippen molar-refractivity contribution in [3.63, 3.8) is 0 Å². The minimum Gasteiger partial charge on any atom is -0.366 e. The molecule has 0 fully saturated rings. The van der Waals surface area contributed by atoms with Crippen molar-refractivity contribution in [3.05, 3.63) is 59.7 Å². The fraction of sp³-hybridized carbons (Fsp3) is 0.0625. The van der Waals surface area contributed by atoms with Crippen LogP contribution in [0.4, 0.5) is 0 Å². The highest BCUT2D eigenvalue weighted by molar-refractivity contribution is 5.93. The zero-order valence-electron chi connectivity index (χ0n) is 9.89. The third-order valence-corrected chi connectivity index (χ3v) is 2.77. The van der Waals surface area contributed by atoms with Gasteiger partial charge in [-0.2, -0.15) is 0 Å². The van der Waals surface area contributed by atoms with Gasteiger partial charge in [-0.05, 0) is 28.8 Å². The van der Waals surface area contributed by atoms with Crippen LogP contribution in [0.25, 0.3) is 11.1 Å². The smallest absolute Gasteiger partial charge is 0.248 e. The van der Waals surface area contributed by atoms with Crippen LogP contribution in [0.5, 0.6) is 0 Å². The summed E-state index contributed by atoms with van der Waals surface area (Å²) in [4.78, 5) is 11.2. The molecule has 0 aromatic heterocycles. The number of primary amides is 1. The molecule has 2 heteroatoms. The summed E-state index contributed by atoms with van der Waals surface area (Å²) in [7, 11) is 0. The van der Waals surface area contributed by atoms with E-state index >= 15 is 0 Å². The third-order valence-electron chi connectivity index (χ3n) is 2.77. The molecule has 2 N–H and O–H groups in total. The predicted octanol–water partition coefficient (Wildman–Crippen LogP) is 2.63. The average molecular weight is 235 g/mol. The summed E-state index contributed by atoms with van der Waals surface area (Å²) in [6, 6.07) is 15.3. The number of carbonyl (C=O) groups excluding carboxylic acids is 1. The fourth-order valence-corrected chi connectivity index (χ4v) is 1.90. The Hall–Kier alpha value is -2.53. The van der Waals surface area contributed by atoms with Gasteiger partial charge in [0.2, 0.25) is 5.91 Å². The first-order valence-corrected chi connectivity index (χ1v) is 5.64. The normalized spacial score (nSPS) is 9.72. The van der Waals surface area contributed by atoms with Crippen LogP contribution in [0.15, 0.2) is 48.5 Å². The third kappa shape index (κ3) is 2.41. The van der Waals surface area contributed by atoms with Crippen molar-refractivity contribution >= 4 is 5.91 Å². The van der Waals surface area contributed by atoms with Crippen LogP contribution >= 0.6 is 0 Å². The number of terminal acetylenes is 1. The van der Waals surface area contributed by atoms with Crippen molar-refractivity contribution in [1.29, 1.82) is 0 Å². The first-order chi connectivity index (χ1) is 8.72. The second-order valence-electron chi connectivity index (χ2n) is 3.98. The van der Waals surface area contributed by atoms with Crippen molar-refractivity contribution in [3.8, 4) is 23.5 Å². The van der Waals surface area contributed by atoms with E-state index in [0.29, 0.717) is 12.0 Å². The number of benzene rings is 2. The summed E-state index contributed by atoms with van der Waals surface area (Å²) in [5, 5.41) is 0. The second kappa shape index (κ2) is 5.20. The van der Waals surface area contributed by atoms with Crippen LogP contribution < -0.4 is 5.73 Å². The van der Waals surface area contributed by atoms with Crippen molar-refractivity contribution in [2.45, 2.75) is 6.42 Å². The van der Waals surface area contributed by atoms with Crippen LogP contribution in [-0.4, -0.2) is 5.91 Å². The Morgan fingerprint density at radius 1 is 1.17 bits per heavy atom. The lowest BCUT2D eigenvalue weighted by Gasteiger charge is -2.09. The van der Waals surface area contributed by atoms with Gasteiger partial charge in [0, 0.05) is 12.0 Å². The lowest BCUT2D eigenvalue weighted by atomic mass is 9.95. The SMILES string of the molecule is C#CCc1cc(C(N)=O)ccc1-c1ccccc1. The van der Waals surface area contributed by atoms with Gasteiger partial charge in [-0.25, -0.2) is 0 Å². The van der Waals surface area contributed by atoms with Gasteiger partial charge < -0.3 is 5.73 Å². The Kier molecular flexibility index (Phi) is 3.45. The van der Waals surface area contributed by atoms with Crippen molar-refractivity contribution in [1.82, 2.24) is 0 Å². The highest BCUT2D eigenvalue weighted by Gasteiger charge is 2.08. The maximum Gasteiger partial charge on any atom is 0.248 e. The van der Waals surface area contributed by atoms with E-state index in [0.717, 1.165) is 16.7 Å². The Labute approximate surface area is 106 Å². The van der Waals surface area contributed by atoms with Gasteiger partial charge in [-0.3, -0.25) is 4.79 Å². The van der Waals surface area contributed by atoms with Crippen LogP contribution in [0, 0.1) is 12.3 Å². The molecular formula is C16H13NO. The summed E-state index contributed by atoms with van der Waals surface area (Å²) in [6.07, 6.45) is 5.85. The average Bonchev–Trinajstić information content (AvgIpc) is 2.40. The molecule has 0 atom stereocenters. The highest BCUT2D eigenvalue weighted by Crippen LogP contribution is 2.25. The molecule has 2 aromatic rings. The van der Waals surface area contributed by atoms with E-state index in [1.165, 1.54) is 0 Å². The number of amides is 1. The summed E-state index contributed by atoms with van der Waals surface area (Å²) >= 11 is 0. The Balaban J connectivity index is 2.54. The van der Waals surface area contributed by atoms with Crippen molar-refractivity contribution < 1.29 is 4.79 Å². The molecular weight excluding hydrogens is 222 g/mol. The first-order valence-electron chi connectivity index (χ1n) is 5.64. The minimum atomic E-state index is -0.437.